The van der Waals surface area contributed by atoms with Crippen LogP contribution < -0.4 is 16.4 Å². The molecule has 2 aromatic carbocycles. The molecule has 36 heavy (non-hydrogen) atoms. The molecule has 0 radical (unpaired) electrons. The number of urea groups is 1. The van der Waals surface area contributed by atoms with Crippen LogP contribution in [0.1, 0.15) is 12.0 Å². The molecule has 1 saturated heterocycles. The molecule has 1 aliphatic heterocycles. The summed E-state index contributed by atoms with van der Waals surface area (Å²) >= 11 is 5.84. The molecule has 0 spiro atoms. The first-order valence-corrected chi connectivity index (χ1v) is 11.9. The molecular formula is C25H28ClFN6O3. The lowest BCUT2D eigenvalue weighted by Crippen LogP contribution is -2.47. The molecule has 1 fully saturated rings. The molecule has 11 heteroatoms. The molecule has 3 aromatic rings. The van der Waals surface area contributed by atoms with Crippen molar-refractivity contribution < 1.29 is 18.8 Å². The van der Waals surface area contributed by atoms with Gasteiger partial charge in [0.05, 0.1) is 16.2 Å². The van der Waals surface area contributed by atoms with E-state index in [1.165, 1.54) is 21.7 Å². The number of aromatic nitrogens is 1. The number of amides is 4. The monoisotopic (exact) mass is 514 g/mol. The van der Waals surface area contributed by atoms with Crippen LogP contribution in [-0.2, 0) is 11.3 Å². The number of fused-ring (bicyclic) bond motifs is 1. The van der Waals surface area contributed by atoms with Gasteiger partial charge in [-0.3, -0.25) is 9.36 Å². The number of anilines is 1. The minimum absolute atomic E-state index is 0.0233. The number of nitrogens with two attached hydrogens (primary N) is 1. The van der Waals surface area contributed by atoms with E-state index in [1.807, 2.05) is 19.0 Å². The van der Waals surface area contributed by atoms with Gasteiger partial charge in [-0.05, 0) is 38.6 Å². The Balaban J connectivity index is 1.54. The lowest BCUT2D eigenvalue weighted by molar-refractivity contribution is -0.124. The van der Waals surface area contributed by atoms with Gasteiger partial charge in [0.2, 0.25) is 5.91 Å². The van der Waals surface area contributed by atoms with Gasteiger partial charge in [0.15, 0.2) is 0 Å². The van der Waals surface area contributed by atoms with E-state index in [4.69, 9.17) is 17.3 Å². The quantitative estimate of drug-likeness (QED) is 0.467. The van der Waals surface area contributed by atoms with Crippen LogP contribution in [0.2, 0.25) is 5.02 Å². The van der Waals surface area contributed by atoms with Gasteiger partial charge >= 0.3 is 12.1 Å². The highest BCUT2D eigenvalue weighted by molar-refractivity contribution is 6.30. The number of carbonyl (C=O) groups is 3. The summed E-state index contributed by atoms with van der Waals surface area (Å²) in [6.07, 6.45) is 1.92. The Morgan fingerprint density at radius 2 is 1.92 bits per heavy atom. The standard InChI is InChI=1S/C25H28ClFN6O3/c1-31(2)12-15-10-21(23(34)29-11-16-6-5-8-18(26)22(16)27)33(13-15)25(36)30-19-14-32(24(28)35)20-9-4-3-7-17(19)20/h3-9,14-15,21H,10-13H2,1-2H3,(H2,28,35)(H,29,34)(H,30,36)/t15-,21+/m1/s1. The molecule has 2 heterocycles. The Labute approximate surface area is 213 Å². The van der Waals surface area contributed by atoms with Crippen LogP contribution in [0.5, 0.6) is 0 Å². The second-order valence-electron chi connectivity index (χ2n) is 9.16. The molecule has 2 atom stereocenters. The third kappa shape index (κ3) is 5.29. The minimum atomic E-state index is -0.748. The fourth-order valence-electron chi connectivity index (χ4n) is 4.68. The van der Waals surface area contributed by atoms with E-state index < -0.39 is 23.9 Å². The van der Waals surface area contributed by atoms with Gasteiger partial charge in [0, 0.05) is 36.8 Å². The first-order chi connectivity index (χ1) is 17.2. The van der Waals surface area contributed by atoms with Gasteiger partial charge < -0.3 is 26.2 Å². The zero-order valence-electron chi connectivity index (χ0n) is 20.0. The molecule has 4 amide bonds. The summed E-state index contributed by atoms with van der Waals surface area (Å²) in [7, 11) is 3.86. The number of para-hydroxylation sites is 1. The molecule has 0 bridgehead atoms. The Kier molecular flexibility index (Phi) is 7.46. The largest absolute Gasteiger partial charge is 0.351 e. The molecule has 0 saturated carbocycles. The van der Waals surface area contributed by atoms with Crippen molar-refractivity contribution in [2.24, 2.45) is 11.7 Å². The molecule has 4 rings (SSSR count). The number of nitrogens with zero attached hydrogens (tertiary/aromatic N) is 3. The van der Waals surface area contributed by atoms with E-state index in [2.05, 4.69) is 10.6 Å². The van der Waals surface area contributed by atoms with Crippen molar-refractivity contribution in [2.45, 2.75) is 19.0 Å². The second-order valence-corrected chi connectivity index (χ2v) is 9.57. The van der Waals surface area contributed by atoms with Gasteiger partial charge in [0.25, 0.3) is 0 Å². The van der Waals surface area contributed by atoms with E-state index in [9.17, 15) is 18.8 Å². The van der Waals surface area contributed by atoms with E-state index in [0.717, 1.165) is 0 Å². The third-order valence-corrected chi connectivity index (χ3v) is 6.54. The number of hydrogen-bond donors (Lipinski definition) is 3. The van der Waals surface area contributed by atoms with E-state index in [1.54, 1.807) is 36.4 Å². The van der Waals surface area contributed by atoms with Crippen molar-refractivity contribution in [2.75, 3.05) is 32.5 Å². The first-order valence-electron chi connectivity index (χ1n) is 11.5. The molecule has 1 aromatic heterocycles. The number of hydrogen-bond acceptors (Lipinski definition) is 4. The van der Waals surface area contributed by atoms with Crippen molar-refractivity contribution in [3.05, 3.63) is 65.1 Å². The summed E-state index contributed by atoms with van der Waals surface area (Å²) in [5.41, 5.74) is 6.71. The smallest absolute Gasteiger partial charge is 0.323 e. The highest BCUT2D eigenvalue weighted by atomic mass is 35.5. The predicted octanol–water partition coefficient (Wildman–Crippen LogP) is 3.46. The Bertz CT molecular complexity index is 1310. The van der Waals surface area contributed by atoms with Gasteiger partial charge in [-0.1, -0.05) is 41.9 Å². The summed E-state index contributed by atoms with van der Waals surface area (Å²) in [6, 6.07) is 9.74. The maximum Gasteiger partial charge on any atom is 0.323 e. The zero-order chi connectivity index (χ0) is 26.0. The number of nitrogens with one attached hydrogen (secondary N) is 2. The van der Waals surface area contributed by atoms with Crippen LogP contribution in [0.25, 0.3) is 10.9 Å². The normalized spacial score (nSPS) is 17.5. The van der Waals surface area contributed by atoms with Gasteiger partial charge in [0.1, 0.15) is 11.9 Å². The molecular weight excluding hydrogens is 487 g/mol. The van der Waals surface area contributed by atoms with Crippen LogP contribution in [0.4, 0.5) is 19.7 Å². The number of carbonyl (C=O) groups excluding carboxylic acids is 3. The highest BCUT2D eigenvalue weighted by Crippen LogP contribution is 2.29. The molecule has 0 aliphatic carbocycles. The maximum absolute atomic E-state index is 14.3. The topological polar surface area (TPSA) is 113 Å². The number of rotatable bonds is 6. The predicted molar refractivity (Wildman–Crippen MR) is 136 cm³/mol. The van der Waals surface area contributed by atoms with Crippen molar-refractivity contribution in [1.82, 2.24) is 19.7 Å². The Hall–Kier alpha value is -3.63. The molecule has 1 aliphatic rings. The third-order valence-electron chi connectivity index (χ3n) is 6.25. The maximum atomic E-state index is 14.3. The Morgan fingerprint density at radius 3 is 2.64 bits per heavy atom. The summed E-state index contributed by atoms with van der Waals surface area (Å²) in [5, 5.41) is 6.20. The number of halogens is 2. The zero-order valence-corrected chi connectivity index (χ0v) is 20.8. The van der Waals surface area contributed by atoms with E-state index in [0.29, 0.717) is 36.1 Å². The van der Waals surface area contributed by atoms with Crippen LogP contribution in [-0.4, -0.2) is 65.6 Å². The lowest BCUT2D eigenvalue weighted by Gasteiger charge is -2.24. The summed E-state index contributed by atoms with van der Waals surface area (Å²) in [4.78, 5) is 41.9. The van der Waals surface area contributed by atoms with Crippen molar-refractivity contribution in [3.63, 3.8) is 0 Å². The van der Waals surface area contributed by atoms with Crippen molar-refractivity contribution in [3.8, 4) is 0 Å². The summed E-state index contributed by atoms with van der Waals surface area (Å²) in [6.45, 7) is 1.00. The number of benzene rings is 2. The van der Waals surface area contributed by atoms with E-state index >= 15 is 0 Å². The molecule has 9 nitrogen and oxygen atoms in total. The summed E-state index contributed by atoms with van der Waals surface area (Å²) < 4.78 is 15.5. The average molecular weight is 515 g/mol. The average Bonchev–Trinajstić information content (AvgIpc) is 3.41. The van der Waals surface area contributed by atoms with Crippen molar-refractivity contribution >= 4 is 46.2 Å². The highest BCUT2D eigenvalue weighted by Gasteiger charge is 2.40. The van der Waals surface area contributed by atoms with Crippen LogP contribution in [0.3, 0.4) is 0 Å². The molecule has 4 N–H and O–H groups in total. The van der Waals surface area contributed by atoms with Crippen LogP contribution in [0.15, 0.2) is 48.7 Å². The fourth-order valence-corrected chi connectivity index (χ4v) is 4.87. The van der Waals surface area contributed by atoms with Crippen molar-refractivity contribution in [1.29, 1.82) is 0 Å². The lowest BCUT2D eigenvalue weighted by atomic mass is 10.0. The minimum Gasteiger partial charge on any atom is -0.351 e. The molecule has 0 unspecified atom stereocenters. The SMILES string of the molecule is CN(C)C[C@H]1C[C@@H](C(=O)NCc2cccc(Cl)c2F)N(C(=O)Nc2cn(C(N)=O)c3ccccc23)C1. The van der Waals surface area contributed by atoms with E-state index in [-0.39, 0.29) is 29.0 Å². The molecule has 190 valence electrons. The van der Waals surface area contributed by atoms with Gasteiger partial charge in [-0.2, -0.15) is 0 Å². The number of primary amides is 1. The fraction of sp³-hybridized carbons (Fsp3) is 0.320. The number of likely N-dealkylation sites (tertiary alicyclic amines) is 1. The van der Waals surface area contributed by atoms with Gasteiger partial charge in [-0.25, -0.2) is 14.0 Å². The first kappa shape index (κ1) is 25.5. The van der Waals surface area contributed by atoms with Crippen LogP contribution in [0, 0.1) is 11.7 Å². The van der Waals surface area contributed by atoms with Gasteiger partial charge in [-0.15, -0.1) is 0 Å². The van der Waals surface area contributed by atoms with Crippen LogP contribution >= 0.6 is 11.6 Å². The Morgan fingerprint density at radius 1 is 1.17 bits per heavy atom. The second kappa shape index (κ2) is 10.5. The summed E-state index contributed by atoms with van der Waals surface area (Å²) in [5.74, 6) is -0.904.